The summed E-state index contributed by atoms with van der Waals surface area (Å²) in [6.45, 7) is 3.05. The summed E-state index contributed by atoms with van der Waals surface area (Å²) in [7, 11) is 1.71. The predicted octanol–water partition coefficient (Wildman–Crippen LogP) is 3.52. The number of methoxy groups -OCH3 is 1. The van der Waals surface area contributed by atoms with Crippen LogP contribution in [0.25, 0.3) is 16.6 Å². The number of aromatic nitrogens is 1. The van der Waals surface area contributed by atoms with Gasteiger partial charge in [0.15, 0.2) is 0 Å². The first kappa shape index (κ1) is 18.8. The maximum absolute atomic E-state index is 5.33. The number of amidine groups is 1. The van der Waals surface area contributed by atoms with Crippen molar-refractivity contribution in [3.05, 3.63) is 78.0 Å². The third-order valence-electron chi connectivity index (χ3n) is 5.06. The molecular weight excluding hydrogens is 409 g/mol. The van der Waals surface area contributed by atoms with E-state index in [-0.39, 0.29) is 0 Å². The SMILES string of the molecule is COc1cccc(CCN2C(C)=NC(c3ccc4ncccc4c3)=C[C@@H]2[AsH2])c1. The topological polar surface area (TPSA) is 37.7 Å². The number of hydrogen-bond acceptors (Lipinski definition) is 4. The number of ether oxygens (including phenoxy) is 1. The summed E-state index contributed by atoms with van der Waals surface area (Å²) in [5.74, 6) is 1.98. The monoisotopic (exact) mass is 433 g/mol. The van der Waals surface area contributed by atoms with Gasteiger partial charge < -0.3 is 0 Å². The molecule has 0 N–H and O–H groups in total. The van der Waals surface area contributed by atoms with E-state index in [0.717, 1.165) is 46.7 Å². The first-order chi connectivity index (χ1) is 13.6. The number of nitrogens with zero attached hydrogens (tertiary/aromatic N) is 3. The average Bonchev–Trinajstić information content (AvgIpc) is 2.73. The molecule has 2 atom stereocenters. The van der Waals surface area contributed by atoms with Gasteiger partial charge in [0.25, 0.3) is 0 Å². The number of rotatable bonds is 5. The Hall–Kier alpha value is -2.58. The van der Waals surface area contributed by atoms with Crippen LogP contribution in [0.1, 0.15) is 18.1 Å². The van der Waals surface area contributed by atoms with Crippen LogP contribution in [0.4, 0.5) is 0 Å². The quantitative estimate of drug-likeness (QED) is 0.578. The summed E-state index contributed by atoms with van der Waals surface area (Å²) >= 11 is 1.70. The van der Waals surface area contributed by atoms with Crippen molar-refractivity contribution in [1.82, 2.24) is 9.88 Å². The molecule has 1 aliphatic rings. The molecule has 4 nitrogen and oxygen atoms in total. The van der Waals surface area contributed by atoms with Gasteiger partial charge in [0.2, 0.25) is 0 Å². The molecule has 0 aliphatic carbocycles. The van der Waals surface area contributed by atoms with Crippen LogP contribution in [0.5, 0.6) is 5.75 Å². The van der Waals surface area contributed by atoms with Gasteiger partial charge >= 0.3 is 174 Å². The summed E-state index contributed by atoms with van der Waals surface area (Å²) in [6.07, 6.45) is 5.07. The van der Waals surface area contributed by atoms with Crippen LogP contribution in [0.2, 0.25) is 0 Å². The number of fused-ring (bicyclic) bond motifs is 1. The van der Waals surface area contributed by atoms with Crippen molar-refractivity contribution in [2.75, 3.05) is 13.7 Å². The molecule has 0 saturated carbocycles. The molecule has 28 heavy (non-hydrogen) atoms. The van der Waals surface area contributed by atoms with Crippen molar-refractivity contribution >= 4 is 39.3 Å². The molecule has 1 aromatic heterocycles. The molecule has 4 rings (SSSR count). The second-order valence-electron chi connectivity index (χ2n) is 6.91. The average molecular weight is 433 g/mol. The van der Waals surface area contributed by atoms with Crippen LogP contribution in [-0.2, 0) is 6.42 Å². The molecule has 0 amide bonds. The Morgan fingerprint density at radius 2 is 2.00 bits per heavy atom. The van der Waals surface area contributed by atoms with Gasteiger partial charge in [-0.05, 0) is 0 Å². The van der Waals surface area contributed by atoms with Gasteiger partial charge in [0.1, 0.15) is 0 Å². The Labute approximate surface area is 174 Å². The second kappa shape index (κ2) is 8.20. The van der Waals surface area contributed by atoms with Gasteiger partial charge in [0, 0.05) is 0 Å². The fourth-order valence-electron chi connectivity index (χ4n) is 3.53. The van der Waals surface area contributed by atoms with Gasteiger partial charge in [0.05, 0.1) is 0 Å². The fourth-order valence-corrected chi connectivity index (χ4v) is 4.68. The summed E-state index contributed by atoms with van der Waals surface area (Å²) < 4.78 is 5.33. The molecule has 3 aromatic rings. The van der Waals surface area contributed by atoms with Crippen LogP contribution >= 0.6 is 0 Å². The molecule has 2 aromatic carbocycles. The molecule has 0 saturated heterocycles. The van der Waals surface area contributed by atoms with E-state index in [9.17, 15) is 0 Å². The maximum atomic E-state index is 5.33. The Morgan fingerprint density at radius 1 is 1.11 bits per heavy atom. The molecule has 5 heteroatoms. The summed E-state index contributed by atoms with van der Waals surface area (Å²) in [5, 5.41) is 1.15. The zero-order chi connectivity index (χ0) is 19.5. The Balaban J connectivity index is 1.51. The summed E-state index contributed by atoms with van der Waals surface area (Å²) in [5.41, 5.74) is 4.49. The fraction of sp³-hybridized carbons (Fsp3) is 0.217. The number of benzene rings is 2. The van der Waals surface area contributed by atoms with E-state index in [1.165, 1.54) is 5.56 Å². The standard InChI is InChI=1S/C23H24AsN3O/c1-16-26-22(19-8-9-21-18(14-19)6-4-11-25-21)15-23(24)27(16)12-10-17-5-3-7-20(13-17)28-2/h3-9,11,13-15,23H,10,12,24H2,1-2H3/t23-/m1/s1. The van der Waals surface area contributed by atoms with Crippen molar-refractivity contribution in [1.29, 1.82) is 0 Å². The molecule has 1 aliphatic heterocycles. The van der Waals surface area contributed by atoms with Crippen LogP contribution in [0.3, 0.4) is 0 Å². The third-order valence-corrected chi connectivity index (χ3v) is 6.22. The van der Waals surface area contributed by atoms with E-state index in [1.54, 1.807) is 24.0 Å². The Morgan fingerprint density at radius 3 is 2.82 bits per heavy atom. The van der Waals surface area contributed by atoms with Crippen molar-refractivity contribution in [3.63, 3.8) is 0 Å². The summed E-state index contributed by atoms with van der Waals surface area (Å²) in [6, 6.07) is 18.7. The van der Waals surface area contributed by atoms with Gasteiger partial charge in [-0.1, -0.05) is 0 Å². The normalized spacial score (nSPS) is 16.7. The van der Waals surface area contributed by atoms with E-state index < -0.39 is 0 Å². The Kier molecular flexibility index (Phi) is 5.49. The van der Waals surface area contributed by atoms with Crippen LogP contribution in [0, 0.1) is 0 Å². The van der Waals surface area contributed by atoms with E-state index in [2.05, 4.69) is 59.3 Å². The zero-order valence-corrected chi connectivity index (χ0v) is 18.6. The molecule has 2 heterocycles. The van der Waals surface area contributed by atoms with E-state index in [1.807, 2.05) is 24.4 Å². The number of pyridine rings is 1. The molecule has 1 unspecified atom stereocenters. The van der Waals surface area contributed by atoms with E-state index in [4.69, 9.17) is 9.73 Å². The molecule has 0 spiro atoms. The first-order valence-corrected chi connectivity index (χ1v) is 10.8. The number of hydrogen-bond donors (Lipinski definition) is 0. The third kappa shape index (κ3) is 3.97. The van der Waals surface area contributed by atoms with Crippen molar-refractivity contribution < 1.29 is 4.74 Å². The minimum absolute atomic E-state index is 0.357. The van der Waals surface area contributed by atoms with Crippen molar-refractivity contribution in [2.24, 2.45) is 4.99 Å². The van der Waals surface area contributed by atoms with Gasteiger partial charge in [-0.15, -0.1) is 0 Å². The molecule has 0 fully saturated rings. The molecule has 0 radical (unpaired) electrons. The van der Waals surface area contributed by atoms with E-state index in [0.29, 0.717) is 4.83 Å². The molecule has 142 valence electrons. The predicted molar refractivity (Wildman–Crippen MR) is 119 cm³/mol. The van der Waals surface area contributed by atoms with Gasteiger partial charge in [-0.25, -0.2) is 0 Å². The van der Waals surface area contributed by atoms with Crippen LogP contribution < -0.4 is 4.74 Å². The minimum atomic E-state index is 0.357. The van der Waals surface area contributed by atoms with Gasteiger partial charge in [-0.3, -0.25) is 0 Å². The summed E-state index contributed by atoms with van der Waals surface area (Å²) in [4.78, 5) is 12.0. The van der Waals surface area contributed by atoms with Crippen molar-refractivity contribution in [2.45, 2.75) is 18.2 Å². The second-order valence-corrected chi connectivity index (χ2v) is 8.34. The number of aliphatic imine (C=N–C) groups is 1. The van der Waals surface area contributed by atoms with Crippen LogP contribution in [-0.4, -0.2) is 51.1 Å². The van der Waals surface area contributed by atoms with E-state index >= 15 is 0 Å². The zero-order valence-electron chi connectivity index (χ0n) is 16.2. The van der Waals surface area contributed by atoms with Crippen LogP contribution in [0.15, 0.2) is 71.9 Å². The molecular formula is C23H24AsN3O. The van der Waals surface area contributed by atoms with Crippen molar-refractivity contribution in [3.8, 4) is 5.75 Å². The van der Waals surface area contributed by atoms with Gasteiger partial charge in [-0.2, -0.15) is 0 Å². The first-order valence-electron chi connectivity index (χ1n) is 9.41. The Bertz CT molecular complexity index is 1060. The molecule has 0 bridgehead atoms.